The summed E-state index contributed by atoms with van der Waals surface area (Å²) >= 11 is 2.94. The van der Waals surface area contributed by atoms with Gasteiger partial charge in [-0.25, -0.2) is 13.1 Å². The van der Waals surface area contributed by atoms with Crippen molar-refractivity contribution < 1.29 is 8.42 Å². The Bertz CT molecular complexity index is 458. The summed E-state index contributed by atoms with van der Waals surface area (Å²) in [5, 5.41) is 0. The first-order valence-electron chi connectivity index (χ1n) is 4.73. The first kappa shape index (κ1) is 11.1. The summed E-state index contributed by atoms with van der Waals surface area (Å²) in [7, 11) is -3.13. The van der Waals surface area contributed by atoms with Gasteiger partial charge in [0.15, 0.2) is 0 Å². The maximum absolute atomic E-state index is 11.2. The Morgan fingerprint density at radius 3 is 2.80 bits per heavy atom. The first-order chi connectivity index (χ1) is 7.12. The summed E-state index contributed by atoms with van der Waals surface area (Å²) in [6.45, 7) is 0.505. The standard InChI is InChI=1S/C10H12BrNO2S/c11-7-15(13,14)12-6-9-5-8-3-1-2-4-10(8)9/h1-4,9,12H,5-7H2. The molecule has 3 nitrogen and oxygen atoms in total. The van der Waals surface area contributed by atoms with Gasteiger partial charge in [0.05, 0.1) is 0 Å². The number of halogens is 1. The lowest BCUT2D eigenvalue weighted by Gasteiger charge is -2.29. The summed E-state index contributed by atoms with van der Waals surface area (Å²) in [6.07, 6.45) is 0.973. The minimum atomic E-state index is -3.13. The zero-order valence-electron chi connectivity index (χ0n) is 8.11. The van der Waals surface area contributed by atoms with Gasteiger partial charge in [0.2, 0.25) is 10.0 Å². The Morgan fingerprint density at radius 2 is 2.13 bits per heavy atom. The van der Waals surface area contributed by atoms with Crippen molar-refractivity contribution in [3.8, 4) is 0 Å². The summed E-state index contributed by atoms with van der Waals surface area (Å²) in [5.41, 5.74) is 2.61. The maximum atomic E-state index is 11.2. The van der Waals surface area contributed by atoms with Gasteiger partial charge in [0.1, 0.15) is 4.66 Å². The van der Waals surface area contributed by atoms with Crippen molar-refractivity contribution in [1.29, 1.82) is 0 Å². The highest BCUT2D eigenvalue weighted by Crippen LogP contribution is 2.34. The minimum absolute atomic E-state index is 0.0334. The number of fused-ring (bicyclic) bond motifs is 1. The van der Waals surface area contributed by atoms with E-state index in [9.17, 15) is 8.42 Å². The van der Waals surface area contributed by atoms with Crippen LogP contribution >= 0.6 is 15.9 Å². The topological polar surface area (TPSA) is 46.2 Å². The van der Waals surface area contributed by atoms with Gasteiger partial charge in [0, 0.05) is 12.5 Å². The Kier molecular flexibility index (Phi) is 3.13. The van der Waals surface area contributed by atoms with Crippen molar-refractivity contribution in [3.05, 3.63) is 35.4 Å². The zero-order chi connectivity index (χ0) is 10.9. The van der Waals surface area contributed by atoms with Crippen LogP contribution in [0.15, 0.2) is 24.3 Å². The Morgan fingerprint density at radius 1 is 1.40 bits per heavy atom. The number of rotatable bonds is 4. The van der Waals surface area contributed by atoms with E-state index in [2.05, 4.69) is 32.8 Å². The largest absolute Gasteiger partial charge is 0.221 e. The highest BCUT2D eigenvalue weighted by molar-refractivity contribution is 9.10. The number of hydrogen-bond acceptors (Lipinski definition) is 2. The van der Waals surface area contributed by atoms with Crippen LogP contribution in [-0.2, 0) is 16.4 Å². The highest BCUT2D eigenvalue weighted by atomic mass is 79.9. The van der Waals surface area contributed by atoms with Crippen molar-refractivity contribution in [2.24, 2.45) is 0 Å². The molecule has 1 unspecified atom stereocenters. The molecule has 0 aliphatic heterocycles. The van der Waals surface area contributed by atoms with E-state index in [1.807, 2.05) is 12.1 Å². The summed E-state index contributed by atoms with van der Waals surface area (Å²) in [6, 6.07) is 8.15. The fraction of sp³-hybridized carbons (Fsp3) is 0.400. The Labute approximate surface area is 98.1 Å². The van der Waals surface area contributed by atoms with E-state index in [0.717, 1.165) is 6.42 Å². The van der Waals surface area contributed by atoms with Crippen LogP contribution in [0.1, 0.15) is 17.0 Å². The third-order valence-corrected chi connectivity index (χ3v) is 5.36. The van der Waals surface area contributed by atoms with Crippen LogP contribution in [0, 0.1) is 0 Å². The third-order valence-electron chi connectivity index (χ3n) is 2.65. The van der Waals surface area contributed by atoms with Crippen molar-refractivity contribution in [2.45, 2.75) is 12.3 Å². The lowest BCUT2D eigenvalue weighted by molar-refractivity contribution is 0.555. The van der Waals surface area contributed by atoms with Gasteiger partial charge in [-0.1, -0.05) is 40.2 Å². The zero-order valence-corrected chi connectivity index (χ0v) is 10.5. The summed E-state index contributed by atoms with van der Waals surface area (Å²) in [5.74, 6) is 0.343. The molecular weight excluding hydrogens is 278 g/mol. The van der Waals surface area contributed by atoms with Crippen LogP contribution in [-0.4, -0.2) is 19.6 Å². The highest BCUT2D eigenvalue weighted by Gasteiger charge is 2.26. The van der Waals surface area contributed by atoms with Crippen LogP contribution in [0.25, 0.3) is 0 Å². The van der Waals surface area contributed by atoms with Crippen molar-refractivity contribution in [1.82, 2.24) is 4.72 Å². The van der Waals surface area contributed by atoms with Crippen molar-refractivity contribution >= 4 is 26.0 Å². The molecule has 0 amide bonds. The van der Waals surface area contributed by atoms with Crippen LogP contribution in [0.3, 0.4) is 0 Å². The van der Waals surface area contributed by atoms with E-state index in [0.29, 0.717) is 12.5 Å². The molecule has 5 heteroatoms. The van der Waals surface area contributed by atoms with E-state index < -0.39 is 10.0 Å². The number of hydrogen-bond donors (Lipinski definition) is 1. The van der Waals surface area contributed by atoms with E-state index in [1.165, 1.54) is 11.1 Å². The molecule has 1 N–H and O–H groups in total. The van der Waals surface area contributed by atoms with Gasteiger partial charge in [-0.05, 0) is 17.5 Å². The average molecular weight is 290 g/mol. The number of benzene rings is 1. The van der Waals surface area contributed by atoms with Gasteiger partial charge in [-0.3, -0.25) is 0 Å². The number of sulfonamides is 1. The molecule has 1 aliphatic carbocycles. The monoisotopic (exact) mass is 289 g/mol. The lowest BCUT2D eigenvalue weighted by Crippen LogP contribution is -2.33. The molecule has 0 fully saturated rings. The molecule has 1 aromatic carbocycles. The fourth-order valence-electron chi connectivity index (χ4n) is 1.81. The SMILES string of the molecule is O=S(=O)(CBr)NCC1Cc2ccccc21. The van der Waals surface area contributed by atoms with Crippen LogP contribution in [0.5, 0.6) is 0 Å². The molecule has 0 radical (unpaired) electrons. The third kappa shape index (κ3) is 2.41. The van der Waals surface area contributed by atoms with Crippen molar-refractivity contribution in [3.63, 3.8) is 0 Å². The van der Waals surface area contributed by atoms with Gasteiger partial charge >= 0.3 is 0 Å². The molecule has 82 valence electrons. The second-order valence-corrected chi connectivity index (χ2v) is 6.78. The molecule has 0 saturated carbocycles. The molecule has 15 heavy (non-hydrogen) atoms. The van der Waals surface area contributed by atoms with Gasteiger partial charge < -0.3 is 0 Å². The predicted octanol–water partition coefficient (Wildman–Crippen LogP) is 1.60. The van der Waals surface area contributed by atoms with Crippen LogP contribution in [0.4, 0.5) is 0 Å². The molecule has 1 aromatic rings. The minimum Gasteiger partial charge on any atom is -0.214 e. The first-order valence-corrected chi connectivity index (χ1v) is 7.51. The average Bonchev–Trinajstić information content (AvgIpc) is 2.19. The van der Waals surface area contributed by atoms with E-state index in [-0.39, 0.29) is 4.66 Å². The van der Waals surface area contributed by atoms with Gasteiger partial charge in [-0.15, -0.1) is 0 Å². The molecule has 1 aliphatic rings. The Hall–Kier alpha value is -0.390. The van der Waals surface area contributed by atoms with E-state index >= 15 is 0 Å². The van der Waals surface area contributed by atoms with Gasteiger partial charge in [0.25, 0.3) is 0 Å². The maximum Gasteiger partial charge on any atom is 0.221 e. The molecule has 0 spiro atoms. The second kappa shape index (κ2) is 4.23. The molecule has 2 rings (SSSR count). The molecule has 0 heterocycles. The van der Waals surface area contributed by atoms with Gasteiger partial charge in [-0.2, -0.15) is 0 Å². The van der Waals surface area contributed by atoms with Crippen LogP contribution < -0.4 is 4.72 Å². The summed E-state index contributed by atoms with van der Waals surface area (Å²) < 4.78 is 24.9. The second-order valence-electron chi connectivity index (χ2n) is 3.67. The summed E-state index contributed by atoms with van der Waals surface area (Å²) in [4.78, 5) is 0. The molecular formula is C10H12BrNO2S. The molecule has 0 bridgehead atoms. The molecule has 0 saturated heterocycles. The number of nitrogens with one attached hydrogen (secondary N) is 1. The normalized spacial score (nSPS) is 19.4. The van der Waals surface area contributed by atoms with E-state index in [1.54, 1.807) is 0 Å². The molecule has 0 aromatic heterocycles. The molecule has 1 atom stereocenters. The number of alkyl halides is 1. The van der Waals surface area contributed by atoms with Crippen LogP contribution in [0.2, 0.25) is 0 Å². The quantitative estimate of drug-likeness (QED) is 0.856. The Balaban J connectivity index is 1.96. The fourth-order valence-corrected chi connectivity index (χ4v) is 2.83. The lowest BCUT2D eigenvalue weighted by atomic mass is 9.78. The predicted molar refractivity (Wildman–Crippen MR) is 63.6 cm³/mol. The van der Waals surface area contributed by atoms with E-state index in [4.69, 9.17) is 0 Å². The smallest absolute Gasteiger partial charge is 0.214 e. The van der Waals surface area contributed by atoms with Crippen molar-refractivity contribution in [2.75, 3.05) is 11.2 Å².